The van der Waals surface area contributed by atoms with E-state index in [1.54, 1.807) is 18.2 Å². The molecule has 0 aliphatic carbocycles. The fourth-order valence-corrected chi connectivity index (χ4v) is 3.06. The minimum atomic E-state index is -2.31. The molecule has 3 N–H and O–H groups in total. The third kappa shape index (κ3) is 1.85. The summed E-state index contributed by atoms with van der Waals surface area (Å²) >= 11 is 3.20. The Kier molecular flexibility index (Phi) is 3.00. The van der Waals surface area contributed by atoms with Gasteiger partial charge in [0.1, 0.15) is 5.75 Å². The van der Waals surface area contributed by atoms with Crippen LogP contribution in [0, 0.1) is 11.6 Å². The normalized spacial score (nSPS) is 20.3. The fraction of sp³-hybridized carbons (Fsp3) is 0.0714. The van der Waals surface area contributed by atoms with Crippen LogP contribution in [0.15, 0.2) is 34.8 Å². The van der Waals surface area contributed by atoms with Gasteiger partial charge in [-0.3, -0.25) is 4.79 Å². The number of phenols is 1. The number of carbonyl (C=O) groups is 1. The maximum atomic E-state index is 13.4. The lowest BCUT2D eigenvalue weighted by Gasteiger charge is -2.23. The van der Waals surface area contributed by atoms with Crippen molar-refractivity contribution in [2.24, 2.45) is 0 Å². The number of benzene rings is 2. The standard InChI is InChI=1S/C14H8BrF2NO3/c15-7-2-1-3-10-12(7)14(21,13(20)18-10)6-4-8(16)9(17)5-11(6)19/h1-5,19,21H,(H,18,20). The third-order valence-electron chi connectivity index (χ3n) is 3.38. The highest BCUT2D eigenvalue weighted by Crippen LogP contribution is 2.47. The van der Waals surface area contributed by atoms with Crippen LogP contribution in [0.5, 0.6) is 5.75 Å². The number of rotatable bonds is 1. The lowest BCUT2D eigenvalue weighted by molar-refractivity contribution is -0.129. The molecule has 0 aromatic heterocycles. The molecule has 7 heteroatoms. The number of hydrogen-bond donors (Lipinski definition) is 3. The summed E-state index contributed by atoms with van der Waals surface area (Å²) in [6.07, 6.45) is 0. The molecule has 0 spiro atoms. The van der Waals surface area contributed by atoms with Gasteiger partial charge in [-0.1, -0.05) is 22.0 Å². The van der Waals surface area contributed by atoms with Crippen molar-refractivity contribution >= 4 is 27.5 Å². The third-order valence-corrected chi connectivity index (χ3v) is 4.04. The molecule has 1 aliphatic rings. The summed E-state index contributed by atoms with van der Waals surface area (Å²) in [5.74, 6) is -4.11. The molecule has 4 nitrogen and oxygen atoms in total. The zero-order valence-corrected chi connectivity index (χ0v) is 11.9. The van der Waals surface area contributed by atoms with Crippen molar-refractivity contribution in [1.29, 1.82) is 0 Å². The van der Waals surface area contributed by atoms with E-state index >= 15 is 0 Å². The number of phenolic OH excluding ortho intramolecular Hbond substituents is 1. The molecule has 0 saturated heterocycles. The van der Waals surface area contributed by atoms with Gasteiger partial charge in [-0.25, -0.2) is 8.78 Å². The van der Waals surface area contributed by atoms with E-state index in [9.17, 15) is 23.8 Å². The van der Waals surface area contributed by atoms with Crippen LogP contribution in [0.1, 0.15) is 11.1 Å². The van der Waals surface area contributed by atoms with Crippen molar-refractivity contribution in [3.8, 4) is 5.75 Å². The van der Waals surface area contributed by atoms with Crippen LogP contribution in [-0.2, 0) is 10.4 Å². The molecule has 108 valence electrons. The molecular formula is C14H8BrF2NO3. The van der Waals surface area contributed by atoms with Gasteiger partial charge >= 0.3 is 0 Å². The molecule has 0 radical (unpaired) electrons. The maximum Gasteiger partial charge on any atom is 0.266 e. The van der Waals surface area contributed by atoms with Gasteiger partial charge in [0.05, 0.1) is 0 Å². The predicted octanol–water partition coefficient (Wildman–Crippen LogP) is 2.62. The van der Waals surface area contributed by atoms with Crippen LogP contribution in [-0.4, -0.2) is 16.1 Å². The first-order valence-electron chi connectivity index (χ1n) is 5.87. The zero-order valence-electron chi connectivity index (χ0n) is 10.3. The fourth-order valence-electron chi connectivity index (χ4n) is 2.41. The number of amides is 1. The molecule has 2 aromatic rings. The Morgan fingerprint density at radius 1 is 1.19 bits per heavy atom. The van der Waals surface area contributed by atoms with Crippen LogP contribution in [0.3, 0.4) is 0 Å². The molecular weight excluding hydrogens is 348 g/mol. The SMILES string of the molecule is O=C1Nc2cccc(Br)c2C1(O)c1cc(F)c(F)cc1O. The summed E-state index contributed by atoms with van der Waals surface area (Å²) < 4.78 is 27.0. The molecule has 1 amide bonds. The van der Waals surface area contributed by atoms with Crippen LogP contribution < -0.4 is 5.32 Å². The van der Waals surface area contributed by atoms with Crippen molar-refractivity contribution in [1.82, 2.24) is 0 Å². The summed E-state index contributed by atoms with van der Waals surface area (Å²) in [6.45, 7) is 0. The van der Waals surface area contributed by atoms with Crippen molar-refractivity contribution in [3.05, 3.63) is 57.6 Å². The lowest BCUT2D eigenvalue weighted by atomic mass is 9.87. The summed E-state index contributed by atoms with van der Waals surface area (Å²) in [4.78, 5) is 12.1. The van der Waals surface area contributed by atoms with E-state index in [4.69, 9.17) is 0 Å². The average molecular weight is 356 g/mol. The quantitative estimate of drug-likeness (QED) is 0.736. The van der Waals surface area contributed by atoms with E-state index in [1.807, 2.05) is 0 Å². The molecule has 0 fully saturated rings. The molecule has 1 aliphatic heterocycles. The van der Waals surface area contributed by atoms with Gasteiger partial charge in [0.2, 0.25) is 5.60 Å². The second kappa shape index (κ2) is 4.51. The molecule has 21 heavy (non-hydrogen) atoms. The second-order valence-electron chi connectivity index (χ2n) is 4.61. The van der Waals surface area contributed by atoms with Gasteiger partial charge in [-0.15, -0.1) is 0 Å². The van der Waals surface area contributed by atoms with Gasteiger partial charge in [-0.05, 0) is 18.2 Å². The number of fused-ring (bicyclic) bond motifs is 1. The topological polar surface area (TPSA) is 69.6 Å². The first kappa shape index (κ1) is 14.0. The molecule has 1 atom stereocenters. The molecule has 1 heterocycles. The van der Waals surface area contributed by atoms with Crippen LogP contribution in [0.25, 0.3) is 0 Å². The summed E-state index contributed by atoms with van der Waals surface area (Å²) in [5.41, 5.74) is -2.28. The Bertz CT molecular complexity index is 781. The first-order chi connectivity index (χ1) is 9.85. The van der Waals surface area contributed by atoms with Gasteiger partial charge in [0, 0.05) is 27.4 Å². The van der Waals surface area contributed by atoms with E-state index < -0.39 is 34.5 Å². The summed E-state index contributed by atoms with van der Waals surface area (Å²) in [7, 11) is 0. The van der Waals surface area contributed by atoms with Crippen molar-refractivity contribution in [2.45, 2.75) is 5.60 Å². The minimum absolute atomic E-state index is 0.135. The number of carbonyl (C=O) groups excluding carboxylic acids is 1. The Balaban J connectivity index is 2.32. The molecule has 0 saturated carbocycles. The molecule has 3 rings (SSSR count). The van der Waals surface area contributed by atoms with Crippen LogP contribution in [0.4, 0.5) is 14.5 Å². The summed E-state index contributed by atoms with van der Waals surface area (Å²) in [6, 6.07) is 5.90. The second-order valence-corrected chi connectivity index (χ2v) is 5.46. The minimum Gasteiger partial charge on any atom is -0.507 e. The number of aliphatic hydroxyl groups is 1. The number of anilines is 1. The highest BCUT2D eigenvalue weighted by atomic mass is 79.9. The van der Waals surface area contributed by atoms with Crippen molar-refractivity contribution < 1.29 is 23.8 Å². The van der Waals surface area contributed by atoms with E-state index in [2.05, 4.69) is 21.2 Å². The Labute approximate surface area is 126 Å². The van der Waals surface area contributed by atoms with Crippen LogP contribution >= 0.6 is 15.9 Å². The van der Waals surface area contributed by atoms with Crippen molar-refractivity contribution in [3.63, 3.8) is 0 Å². The van der Waals surface area contributed by atoms with E-state index in [0.717, 1.165) is 0 Å². The number of hydrogen-bond acceptors (Lipinski definition) is 3. The lowest BCUT2D eigenvalue weighted by Crippen LogP contribution is -2.35. The van der Waals surface area contributed by atoms with Gasteiger partial charge < -0.3 is 15.5 Å². The zero-order chi connectivity index (χ0) is 15.4. The van der Waals surface area contributed by atoms with E-state index in [-0.39, 0.29) is 5.56 Å². The van der Waals surface area contributed by atoms with Crippen LogP contribution in [0.2, 0.25) is 0 Å². The van der Waals surface area contributed by atoms with E-state index in [0.29, 0.717) is 22.3 Å². The molecule has 2 aromatic carbocycles. The molecule has 1 unspecified atom stereocenters. The Hall–Kier alpha value is -1.99. The Morgan fingerprint density at radius 2 is 1.86 bits per heavy atom. The Morgan fingerprint density at radius 3 is 2.57 bits per heavy atom. The highest BCUT2D eigenvalue weighted by molar-refractivity contribution is 9.10. The number of aromatic hydroxyl groups is 1. The summed E-state index contributed by atoms with van der Waals surface area (Å²) in [5, 5.41) is 23.0. The van der Waals surface area contributed by atoms with Crippen molar-refractivity contribution in [2.75, 3.05) is 5.32 Å². The molecule has 0 bridgehead atoms. The van der Waals surface area contributed by atoms with E-state index in [1.165, 1.54) is 0 Å². The first-order valence-corrected chi connectivity index (χ1v) is 6.66. The van der Waals surface area contributed by atoms with Gasteiger partial charge in [-0.2, -0.15) is 0 Å². The number of nitrogens with one attached hydrogen (secondary N) is 1. The van der Waals surface area contributed by atoms with Gasteiger partial charge in [0.15, 0.2) is 11.6 Å². The number of halogens is 3. The maximum absolute atomic E-state index is 13.4. The predicted molar refractivity (Wildman–Crippen MR) is 73.8 cm³/mol. The average Bonchev–Trinajstić information content (AvgIpc) is 2.68. The smallest absolute Gasteiger partial charge is 0.266 e. The highest BCUT2D eigenvalue weighted by Gasteiger charge is 2.50. The largest absolute Gasteiger partial charge is 0.507 e. The monoisotopic (exact) mass is 355 g/mol. The van der Waals surface area contributed by atoms with Gasteiger partial charge in [0.25, 0.3) is 5.91 Å².